The molecule has 15 heteroatoms. The van der Waals surface area contributed by atoms with Gasteiger partial charge in [-0.15, -0.1) is 0 Å². The van der Waals surface area contributed by atoms with Crippen molar-refractivity contribution in [2.45, 2.75) is 5.92 Å². The number of alkyl carbamates (subject to hydrolysis) is 1. The Labute approximate surface area is 292 Å². The summed E-state index contributed by atoms with van der Waals surface area (Å²) in [5.41, 5.74) is 4.74. The first-order valence-electron chi connectivity index (χ1n) is 16.8. The lowest BCUT2D eigenvalue weighted by Crippen LogP contribution is -2.31. The predicted octanol–water partition coefficient (Wildman–Crippen LogP) is 1.86. The first-order valence-corrected chi connectivity index (χ1v) is 16.8. The van der Waals surface area contributed by atoms with Crippen molar-refractivity contribution in [2.75, 3.05) is 125 Å². The van der Waals surface area contributed by atoms with Crippen LogP contribution in [0.25, 0.3) is 11.1 Å². The van der Waals surface area contributed by atoms with Gasteiger partial charge in [0.25, 0.3) is 0 Å². The number of nitrogens with one attached hydrogen (secondary N) is 2. The maximum atomic E-state index is 12.2. The van der Waals surface area contributed by atoms with Crippen molar-refractivity contribution in [3.05, 3.63) is 59.7 Å². The van der Waals surface area contributed by atoms with Gasteiger partial charge in [0, 0.05) is 19.0 Å². The highest BCUT2D eigenvalue weighted by molar-refractivity contribution is 5.79. The fourth-order valence-electron chi connectivity index (χ4n) is 4.84. The predicted molar refractivity (Wildman–Crippen MR) is 180 cm³/mol. The van der Waals surface area contributed by atoms with Gasteiger partial charge in [-0.3, -0.25) is 4.79 Å². The molecule has 0 spiro atoms. The molecule has 50 heavy (non-hydrogen) atoms. The maximum Gasteiger partial charge on any atom is 0.407 e. The van der Waals surface area contributed by atoms with E-state index in [0.29, 0.717) is 106 Å². The molecule has 3 N–H and O–H groups in total. The van der Waals surface area contributed by atoms with E-state index >= 15 is 0 Å². The minimum absolute atomic E-state index is 0.0280. The zero-order valence-corrected chi connectivity index (χ0v) is 28.5. The lowest BCUT2D eigenvalue weighted by molar-refractivity contribution is -0.143. The molecular formula is C35H50N2O13. The van der Waals surface area contributed by atoms with E-state index in [-0.39, 0.29) is 19.1 Å². The second kappa shape index (κ2) is 26.2. The Morgan fingerprint density at radius 2 is 0.920 bits per heavy atom. The van der Waals surface area contributed by atoms with E-state index in [1.54, 1.807) is 0 Å². The monoisotopic (exact) mass is 706 g/mol. The van der Waals surface area contributed by atoms with Crippen LogP contribution in [0.4, 0.5) is 4.79 Å². The number of carbonyl (C=O) groups is 3. The van der Waals surface area contributed by atoms with Gasteiger partial charge in [0.15, 0.2) is 0 Å². The molecular weight excluding hydrogens is 656 g/mol. The number of aliphatic carboxylic acids is 1. The van der Waals surface area contributed by atoms with Gasteiger partial charge in [0.2, 0.25) is 5.91 Å². The summed E-state index contributed by atoms with van der Waals surface area (Å²) in [6.45, 7) is 5.90. The number of amides is 2. The number of carboxylic acids is 1. The zero-order valence-electron chi connectivity index (χ0n) is 28.5. The van der Waals surface area contributed by atoms with Gasteiger partial charge in [-0.25, -0.2) is 9.59 Å². The van der Waals surface area contributed by atoms with Crippen LogP contribution in [0.2, 0.25) is 0 Å². The molecule has 0 aliphatic heterocycles. The third-order valence-electron chi connectivity index (χ3n) is 7.12. The standard InChI is InChI=1S/C35H50N2O13/c38-33(26-49-27-34(39)40)36-9-11-42-13-15-44-17-19-46-21-23-48-24-22-47-20-18-45-16-14-43-12-10-37-35(41)50-25-32-30-7-3-1-5-28(30)29-6-2-4-8-31(29)32/h1-8,32H,9-27H2,(H,36,38)(H,37,41)(H,39,40). The molecule has 0 heterocycles. The van der Waals surface area contributed by atoms with Crippen LogP contribution in [-0.4, -0.2) is 148 Å². The van der Waals surface area contributed by atoms with E-state index in [1.165, 1.54) is 22.3 Å². The quantitative estimate of drug-likeness (QED) is 0.100. The van der Waals surface area contributed by atoms with Crippen molar-refractivity contribution >= 4 is 18.0 Å². The second-order valence-electron chi connectivity index (χ2n) is 10.8. The molecule has 0 saturated heterocycles. The second-order valence-corrected chi connectivity index (χ2v) is 10.8. The van der Waals surface area contributed by atoms with Gasteiger partial charge in [0.1, 0.15) is 19.8 Å². The SMILES string of the molecule is O=C(O)COCC(=O)NCCOCCOCCOCCOCCOCCOCCOCCNC(=O)OCC1c2ccccc2-c2ccccc21. The maximum absolute atomic E-state index is 12.2. The average Bonchev–Trinajstić information content (AvgIpc) is 3.44. The lowest BCUT2D eigenvalue weighted by atomic mass is 9.98. The van der Waals surface area contributed by atoms with Crippen LogP contribution >= 0.6 is 0 Å². The van der Waals surface area contributed by atoms with Gasteiger partial charge in [-0.2, -0.15) is 0 Å². The molecule has 278 valence electrons. The van der Waals surface area contributed by atoms with Gasteiger partial charge >= 0.3 is 12.1 Å². The minimum Gasteiger partial charge on any atom is -0.480 e. The first kappa shape index (κ1) is 40.8. The van der Waals surface area contributed by atoms with Crippen LogP contribution < -0.4 is 10.6 Å². The Morgan fingerprint density at radius 3 is 1.36 bits per heavy atom. The van der Waals surface area contributed by atoms with E-state index in [9.17, 15) is 14.4 Å². The van der Waals surface area contributed by atoms with Crippen LogP contribution in [0.15, 0.2) is 48.5 Å². The van der Waals surface area contributed by atoms with Gasteiger partial charge in [-0.1, -0.05) is 48.5 Å². The van der Waals surface area contributed by atoms with E-state index in [1.807, 2.05) is 24.3 Å². The van der Waals surface area contributed by atoms with Crippen molar-refractivity contribution in [3.8, 4) is 11.1 Å². The molecule has 0 unspecified atom stereocenters. The van der Waals surface area contributed by atoms with E-state index in [4.69, 9.17) is 43.0 Å². The summed E-state index contributed by atoms with van der Waals surface area (Å²) in [6.07, 6.45) is -0.464. The van der Waals surface area contributed by atoms with Crippen LogP contribution in [-0.2, 0) is 52.2 Å². The topological polar surface area (TPSA) is 179 Å². The molecule has 0 aromatic heterocycles. The lowest BCUT2D eigenvalue weighted by Gasteiger charge is -2.14. The molecule has 2 amide bonds. The molecule has 0 radical (unpaired) electrons. The Morgan fingerprint density at radius 1 is 0.520 bits per heavy atom. The Hall–Kier alpha value is -3.67. The highest BCUT2D eigenvalue weighted by atomic mass is 16.6. The number of rotatable bonds is 30. The summed E-state index contributed by atoms with van der Waals surface area (Å²) in [7, 11) is 0. The third kappa shape index (κ3) is 17.3. The summed E-state index contributed by atoms with van der Waals surface area (Å²) < 4.78 is 48.3. The number of carboxylic acid groups (broad SMARTS) is 1. The van der Waals surface area contributed by atoms with E-state index < -0.39 is 24.6 Å². The molecule has 3 rings (SSSR count). The van der Waals surface area contributed by atoms with E-state index in [2.05, 4.69) is 39.6 Å². The normalized spacial score (nSPS) is 12.0. The summed E-state index contributed by atoms with van der Waals surface area (Å²) in [6, 6.07) is 16.5. The Kier molecular flexibility index (Phi) is 21.3. The molecule has 2 aromatic rings. The zero-order chi connectivity index (χ0) is 35.5. The molecule has 0 fully saturated rings. The van der Waals surface area contributed by atoms with Crippen molar-refractivity contribution in [3.63, 3.8) is 0 Å². The van der Waals surface area contributed by atoms with Crippen LogP contribution in [0, 0.1) is 0 Å². The Bertz CT molecular complexity index is 1200. The molecule has 0 saturated carbocycles. The van der Waals surface area contributed by atoms with Crippen molar-refractivity contribution < 1.29 is 62.1 Å². The molecule has 2 aromatic carbocycles. The Balaban J connectivity index is 0.987. The highest BCUT2D eigenvalue weighted by Gasteiger charge is 2.28. The first-order chi connectivity index (χ1) is 24.6. The number of fused-ring (bicyclic) bond motifs is 3. The highest BCUT2D eigenvalue weighted by Crippen LogP contribution is 2.44. The van der Waals surface area contributed by atoms with Gasteiger partial charge < -0.3 is 58.4 Å². The number of ether oxygens (including phenoxy) is 9. The van der Waals surface area contributed by atoms with Crippen LogP contribution in [0.3, 0.4) is 0 Å². The van der Waals surface area contributed by atoms with Crippen molar-refractivity contribution in [1.82, 2.24) is 10.6 Å². The fourth-order valence-corrected chi connectivity index (χ4v) is 4.84. The number of hydrogen-bond acceptors (Lipinski definition) is 12. The fraction of sp³-hybridized carbons (Fsp3) is 0.571. The van der Waals surface area contributed by atoms with Gasteiger partial charge in [-0.05, 0) is 22.3 Å². The molecule has 15 nitrogen and oxygen atoms in total. The number of hydrogen-bond donors (Lipinski definition) is 3. The van der Waals surface area contributed by atoms with Crippen LogP contribution in [0.1, 0.15) is 17.0 Å². The third-order valence-corrected chi connectivity index (χ3v) is 7.12. The summed E-state index contributed by atoms with van der Waals surface area (Å²) in [5.74, 6) is -1.50. The average molecular weight is 707 g/mol. The molecule has 0 atom stereocenters. The van der Waals surface area contributed by atoms with Crippen molar-refractivity contribution in [1.29, 1.82) is 0 Å². The van der Waals surface area contributed by atoms with Gasteiger partial charge in [0.05, 0.1) is 92.5 Å². The molecule has 0 bridgehead atoms. The largest absolute Gasteiger partial charge is 0.480 e. The van der Waals surface area contributed by atoms with E-state index in [0.717, 1.165) is 0 Å². The number of carbonyl (C=O) groups excluding carboxylic acids is 2. The summed E-state index contributed by atoms with van der Waals surface area (Å²) >= 11 is 0. The summed E-state index contributed by atoms with van der Waals surface area (Å²) in [4.78, 5) is 33.9. The molecule has 1 aliphatic carbocycles. The van der Waals surface area contributed by atoms with Crippen molar-refractivity contribution in [2.24, 2.45) is 0 Å². The summed E-state index contributed by atoms with van der Waals surface area (Å²) in [5, 5.41) is 13.7. The smallest absolute Gasteiger partial charge is 0.407 e. The minimum atomic E-state index is -1.13. The molecule has 1 aliphatic rings. The van der Waals surface area contributed by atoms with Crippen LogP contribution in [0.5, 0.6) is 0 Å². The number of benzene rings is 2.